The second-order valence-corrected chi connectivity index (χ2v) is 6.52. The molecule has 0 aromatic heterocycles. The summed E-state index contributed by atoms with van der Waals surface area (Å²) in [7, 11) is 0. The van der Waals surface area contributed by atoms with Crippen LogP contribution in [0.2, 0.25) is 0 Å². The lowest BCUT2D eigenvalue weighted by atomic mass is 9.63. The summed E-state index contributed by atoms with van der Waals surface area (Å²) in [5.74, 6) is 2.42. The average molecular weight is 262 g/mol. The second kappa shape index (κ2) is 5.52. The van der Waals surface area contributed by atoms with Crippen molar-refractivity contribution in [1.29, 1.82) is 0 Å². The molecule has 2 heteroatoms. The highest BCUT2D eigenvalue weighted by molar-refractivity contribution is 5.66. The van der Waals surface area contributed by atoms with Crippen molar-refractivity contribution >= 4 is 5.97 Å². The Bertz CT molecular complexity index is 417. The van der Waals surface area contributed by atoms with Crippen LogP contribution in [0.3, 0.4) is 0 Å². The van der Waals surface area contributed by atoms with Gasteiger partial charge in [0, 0.05) is 6.92 Å². The molecule has 0 aromatic rings. The third-order valence-electron chi connectivity index (χ3n) is 4.85. The molecule has 0 N–H and O–H groups in total. The molecule has 0 amide bonds. The number of fused-ring (bicyclic) bond motifs is 1. The van der Waals surface area contributed by atoms with Crippen LogP contribution < -0.4 is 0 Å². The molecule has 2 aliphatic carbocycles. The molecule has 0 unspecified atom stereocenters. The van der Waals surface area contributed by atoms with E-state index >= 15 is 0 Å². The van der Waals surface area contributed by atoms with Gasteiger partial charge in [0.05, 0.1) is 0 Å². The van der Waals surface area contributed by atoms with E-state index in [1.165, 1.54) is 24.5 Å². The molecule has 0 heterocycles. The minimum Gasteiger partial charge on any atom is -0.458 e. The average Bonchev–Trinajstić information content (AvgIpc) is 2.30. The monoisotopic (exact) mass is 262 g/mol. The van der Waals surface area contributed by atoms with E-state index in [0.717, 1.165) is 12.3 Å². The topological polar surface area (TPSA) is 26.3 Å². The highest BCUT2D eigenvalue weighted by Gasteiger charge is 2.39. The standard InChI is InChI=1S/C17H26O2/c1-10(2)14-7-6-11(3)15-9-17(19-13(5)18)12(4)8-16(14)15/h6,8,10,14-17H,7,9H2,1-5H3/t14-,15+,16-,17-/m1/s1. The van der Waals surface area contributed by atoms with Gasteiger partial charge in [-0.15, -0.1) is 0 Å². The van der Waals surface area contributed by atoms with E-state index in [9.17, 15) is 4.79 Å². The Morgan fingerprint density at radius 2 is 2.00 bits per heavy atom. The molecular formula is C17H26O2. The van der Waals surface area contributed by atoms with E-state index in [-0.39, 0.29) is 12.1 Å². The van der Waals surface area contributed by atoms with Gasteiger partial charge >= 0.3 is 5.97 Å². The molecule has 2 rings (SSSR count). The maximum Gasteiger partial charge on any atom is 0.303 e. The zero-order valence-corrected chi connectivity index (χ0v) is 12.8. The Kier molecular flexibility index (Phi) is 4.17. The van der Waals surface area contributed by atoms with E-state index in [0.29, 0.717) is 17.8 Å². The van der Waals surface area contributed by atoms with Crippen LogP contribution in [0.5, 0.6) is 0 Å². The first kappa shape index (κ1) is 14.4. The minimum atomic E-state index is -0.172. The van der Waals surface area contributed by atoms with Gasteiger partial charge in [0.1, 0.15) is 6.10 Å². The van der Waals surface area contributed by atoms with Crippen molar-refractivity contribution in [2.24, 2.45) is 23.7 Å². The van der Waals surface area contributed by atoms with Crippen molar-refractivity contribution in [3.05, 3.63) is 23.3 Å². The van der Waals surface area contributed by atoms with Gasteiger partial charge in [-0.1, -0.05) is 31.6 Å². The van der Waals surface area contributed by atoms with Crippen molar-refractivity contribution in [2.45, 2.75) is 53.6 Å². The van der Waals surface area contributed by atoms with E-state index in [1.807, 2.05) is 0 Å². The third kappa shape index (κ3) is 2.93. The molecule has 106 valence electrons. The van der Waals surface area contributed by atoms with E-state index in [2.05, 4.69) is 39.8 Å². The SMILES string of the molecule is CC(=O)O[C@@H]1C[C@H]2C(C)=CC[C@H](C(C)C)[C@H]2C=C1C. The van der Waals surface area contributed by atoms with Gasteiger partial charge in [-0.05, 0) is 55.9 Å². The van der Waals surface area contributed by atoms with Crippen molar-refractivity contribution in [3.8, 4) is 0 Å². The summed E-state index contributed by atoms with van der Waals surface area (Å²) in [4.78, 5) is 11.2. The maximum atomic E-state index is 11.2. The quantitative estimate of drug-likeness (QED) is 0.552. The van der Waals surface area contributed by atoms with Crippen molar-refractivity contribution < 1.29 is 9.53 Å². The van der Waals surface area contributed by atoms with E-state index in [4.69, 9.17) is 4.74 Å². The number of carbonyl (C=O) groups excluding carboxylic acids is 1. The molecule has 0 saturated heterocycles. The van der Waals surface area contributed by atoms with Crippen LogP contribution in [0, 0.1) is 23.7 Å². The number of carbonyl (C=O) groups is 1. The zero-order valence-electron chi connectivity index (χ0n) is 12.8. The molecule has 19 heavy (non-hydrogen) atoms. The molecule has 0 aromatic carbocycles. The first-order valence-corrected chi connectivity index (χ1v) is 7.42. The lowest BCUT2D eigenvalue weighted by molar-refractivity contribution is -0.145. The molecule has 0 radical (unpaired) electrons. The Hall–Kier alpha value is -1.05. The van der Waals surface area contributed by atoms with Gasteiger partial charge in [0.15, 0.2) is 0 Å². The normalized spacial score (nSPS) is 34.4. The van der Waals surface area contributed by atoms with Crippen molar-refractivity contribution in [1.82, 2.24) is 0 Å². The molecule has 0 aliphatic heterocycles. The number of hydrogen-bond donors (Lipinski definition) is 0. The molecule has 2 aliphatic rings. The van der Waals surface area contributed by atoms with Crippen LogP contribution in [-0.4, -0.2) is 12.1 Å². The van der Waals surface area contributed by atoms with E-state index in [1.54, 1.807) is 0 Å². The summed E-state index contributed by atoms with van der Waals surface area (Å²) >= 11 is 0. The first-order chi connectivity index (χ1) is 8.90. The van der Waals surface area contributed by atoms with Gasteiger partial charge in [-0.3, -0.25) is 4.79 Å². The van der Waals surface area contributed by atoms with E-state index < -0.39 is 0 Å². The fraction of sp³-hybridized carbons (Fsp3) is 0.706. The summed E-state index contributed by atoms with van der Waals surface area (Å²) in [5, 5.41) is 0. The summed E-state index contributed by atoms with van der Waals surface area (Å²) in [6.07, 6.45) is 6.90. The molecular weight excluding hydrogens is 236 g/mol. The van der Waals surface area contributed by atoms with Gasteiger partial charge in [0.2, 0.25) is 0 Å². The summed E-state index contributed by atoms with van der Waals surface area (Å²) < 4.78 is 5.46. The summed E-state index contributed by atoms with van der Waals surface area (Å²) in [5.41, 5.74) is 2.71. The predicted octanol–water partition coefficient (Wildman–Crippen LogP) is 4.12. The fourth-order valence-corrected chi connectivity index (χ4v) is 3.70. The highest BCUT2D eigenvalue weighted by atomic mass is 16.5. The van der Waals surface area contributed by atoms with Crippen LogP contribution in [-0.2, 0) is 9.53 Å². The van der Waals surface area contributed by atoms with Crippen LogP contribution in [0.1, 0.15) is 47.5 Å². The zero-order chi connectivity index (χ0) is 14.2. The van der Waals surface area contributed by atoms with Crippen LogP contribution in [0.4, 0.5) is 0 Å². The largest absolute Gasteiger partial charge is 0.458 e. The Labute approximate surface area is 116 Å². The third-order valence-corrected chi connectivity index (χ3v) is 4.85. The number of hydrogen-bond acceptors (Lipinski definition) is 2. The van der Waals surface area contributed by atoms with Gasteiger partial charge in [0.25, 0.3) is 0 Å². The lowest BCUT2D eigenvalue weighted by Gasteiger charge is -2.43. The van der Waals surface area contributed by atoms with Gasteiger partial charge in [-0.25, -0.2) is 0 Å². The molecule has 4 atom stereocenters. The summed E-state index contributed by atoms with van der Waals surface area (Å²) in [6, 6.07) is 0. The number of allylic oxidation sites excluding steroid dienone is 3. The molecule has 0 saturated carbocycles. The van der Waals surface area contributed by atoms with Crippen molar-refractivity contribution in [3.63, 3.8) is 0 Å². The van der Waals surface area contributed by atoms with Crippen LogP contribution in [0.25, 0.3) is 0 Å². The maximum absolute atomic E-state index is 11.2. The first-order valence-electron chi connectivity index (χ1n) is 7.42. The van der Waals surface area contributed by atoms with Crippen LogP contribution >= 0.6 is 0 Å². The Morgan fingerprint density at radius 1 is 1.32 bits per heavy atom. The highest BCUT2D eigenvalue weighted by Crippen LogP contribution is 2.45. The Morgan fingerprint density at radius 3 is 2.58 bits per heavy atom. The lowest BCUT2D eigenvalue weighted by Crippen LogP contribution is -2.37. The number of esters is 1. The fourth-order valence-electron chi connectivity index (χ4n) is 3.70. The van der Waals surface area contributed by atoms with Gasteiger partial charge < -0.3 is 4.74 Å². The molecule has 0 fully saturated rings. The molecule has 0 bridgehead atoms. The minimum absolute atomic E-state index is 0.0204. The Balaban J connectivity index is 2.26. The summed E-state index contributed by atoms with van der Waals surface area (Å²) in [6.45, 7) is 10.5. The van der Waals surface area contributed by atoms with Gasteiger partial charge in [-0.2, -0.15) is 0 Å². The van der Waals surface area contributed by atoms with Crippen molar-refractivity contribution in [2.75, 3.05) is 0 Å². The second-order valence-electron chi connectivity index (χ2n) is 6.52. The smallest absolute Gasteiger partial charge is 0.303 e. The molecule has 0 spiro atoms. The number of ether oxygens (including phenoxy) is 1. The number of rotatable bonds is 2. The van der Waals surface area contributed by atoms with Crippen LogP contribution in [0.15, 0.2) is 23.3 Å². The predicted molar refractivity (Wildman–Crippen MR) is 77.6 cm³/mol. The molecule has 2 nitrogen and oxygen atoms in total.